The summed E-state index contributed by atoms with van der Waals surface area (Å²) in [5.41, 5.74) is 5.81. The molecule has 234 valence electrons. The van der Waals surface area contributed by atoms with Crippen molar-refractivity contribution in [3.05, 3.63) is 0 Å². The molecule has 3 heterocycles. The summed E-state index contributed by atoms with van der Waals surface area (Å²) in [6.45, 7) is -2.31. The molecule has 0 unspecified atom stereocenters. The SMILES string of the molecule is N[C@H]1[C@H](O[C@@H]2[C@H](O)[C@@H](O)[C@@H](O[C@@H](C(=O)O)[C@@H](O)[C@@H](O)[C@H]3N[C@@H](CO)[C@H](O)[C@H]3O)O[C@@H]2CO)O[C@H](CO)[C@H](O)[C@H]1O. The van der Waals surface area contributed by atoms with Crippen molar-refractivity contribution in [1.29, 1.82) is 0 Å². The van der Waals surface area contributed by atoms with E-state index >= 15 is 0 Å². The fraction of sp³-hybridized carbons (Fsp3) is 0.952. The normalized spacial score (nSPS) is 46.6. The fourth-order valence-corrected chi connectivity index (χ4v) is 4.89. The minimum atomic E-state index is -2.35. The number of carbonyl (C=O) groups is 1. The third-order valence-corrected chi connectivity index (χ3v) is 7.33. The minimum Gasteiger partial charge on any atom is -0.479 e. The zero-order valence-electron chi connectivity index (χ0n) is 20.9. The van der Waals surface area contributed by atoms with Crippen molar-refractivity contribution in [1.82, 2.24) is 5.32 Å². The molecule has 0 aromatic rings. The quantitative estimate of drug-likeness (QED) is 0.106. The van der Waals surface area contributed by atoms with Crippen LogP contribution in [0.1, 0.15) is 0 Å². The van der Waals surface area contributed by atoms with E-state index in [1.807, 2.05) is 0 Å². The number of nitrogens with one attached hydrogen (secondary N) is 1. The van der Waals surface area contributed by atoms with E-state index in [1.165, 1.54) is 0 Å². The second-order valence-corrected chi connectivity index (χ2v) is 9.93. The molecule has 40 heavy (non-hydrogen) atoms. The van der Waals surface area contributed by atoms with E-state index in [-0.39, 0.29) is 0 Å². The first-order chi connectivity index (χ1) is 18.8. The van der Waals surface area contributed by atoms with Crippen molar-refractivity contribution >= 4 is 5.97 Å². The maximum absolute atomic E-state index is 11.9. The maximum Gasteiger partial charge on any atom is 0.335 e. The zero-order chi connectivity index (χ0) is 30.0. The molecule has 0 radical (unpaired) electrons. The highest BCUT2D eigenvalue weighted by Crippen LogP contribution is 2.30. The Labute approximate surface area is 226 Å². The Balaban J connectivity index is 1.72. The Kier molecular flexibility index (Phi) is 11.5. The fourth-order valence-electron chi connectivity index (χ4n) is 4.89. The summed E-state index contributed by atoms with van der Waals surface area (Å²) in [5, 5.41) is 123. The van der Waals surface area contributed by atoms with Gasteiger partial charge in [0.15, 0.2) is 18.7 Å². The third kappa shape index (κ3) is 6.55. The molecule has 0 amide bonds. The molecule has 0 aliphatic carbocycles. The largest absolute Gasteiger partial charge is 0.479 e. The molecule has 3 aliphatic heterocycles. The van der Waals surface area contributed by atoms with Crippen molar-refractivity contribution < 1.29 is 85.0 Å². The zero-order valence-corrected chi connectivity index (χ0v) is 20.9. The van der Waals surface area contributed by atoms with Gasteiger partial charge in [0.2, 0.25) is 0 Å². The van der Waals surface area contributed by atoms with Crippen LogP contribution in [0.2, 0.25) is 0 Å². The summed E-state index contributed by atoms with van der Waals surface area (Å²) in [5.74, 6) is -1.87. The van der Waals surface area contributed by atoms with Crippen LogP contribution < -0.4 is 11.1 Å². The molecule has 3 saturated heterocycles. The predicted molar refractivity (Wildman–Crippen MR) is 123 cm³/mol. The van der Waals surface area contributed by atoms with Crippen LogP contribution in [-0.2, 0) is 23.7 Å². The van der Waals surface area contributed by atoms with E-state index in [0.29, 0.717) is 0 Å². The third-order valence-electron chi connectivity index (χ3n) is 7.33. The van der Waals surface area contributed by atoms with E-state index < -0.39 is 130 Å². The van der Waals surface area contributed by atoms with Crippen molar-refractivity contribution in [2.45, 2.75) is 104 Å². The lowest BCUT2D eigenvalue weighted by Gasteiger charge is -2.46. The van der Waals surface area contributed by atoms with Crippen molar-refractivity contribution in [3.8, 4) is 0 Å². The smallest absolute Gasteiger partial charge is 0.335 e. The molecule has 19 heteroatoms. The van der Waals surface area contributed by atoms with Gasteiger partial charge in [-0.05, 0) is 0 Å². The summed E-state index contributed by atoms with van der Waals surface area (Å²) in [6, 6.07) is -4.01. The molecule has 0 spiro atoms. The van der Waals surface area contributed by atoms with E-state index in [2.05, 4.69) is 5.32 Å². The number of carboxylic acid groups (broad SMARTS) is 1. The van der Waals surface area contributed by atoms with Gasteiger partial charge in [0.1, 0.15) is 54.9 Å². The van der Waals surface area contributed by atoms with Crippen LogP contribution in [0.25, 0.3) is 0 Å². The topological polar surface area (TPSA) is 335 Å². The highest BCUT2D eigenvalue weighted by atomic mass is 16.7. The molecular weight excluding hydrogens is 552 g/mol. The van der Waals surface area contributed by atoms with Crippen LogP contribution in [-0.4, -0.2) is 191 Å². The number of carboxylic acids is 1. The molecule has 0 aromatic carbocycles. The van der Waals surface area contributed by atoms with Crippen LogP contribution in [0.5, 0.6) is 0 Å². The summed E-state index contributed by atoms with van der Waals surface area (Å²) in [4.78, 5) is 11.9. The second-order valence-electron chi connectivity index (χ2n) is 9.93. The molecule has 0 bridgehead atoms. The summed E-state index contributed by atoms with van der Waals surface area (Å²) in [7, 11) is 0. The Morgan fingerprint density at radius 3 is 1.93 bits per heavy atom. The lowest BCUT2D eigenvalue weighted by atomic mass is 9.95. The number of aliphatic carboxylic acids is 1. The molecule has 17 atom stereocenters. The van der Waals surface area contributed by atoms with Gasteiger partial charge in [0.05, 0.1) is 50.2 Å². The number of rotatable bonds is 11. The first-order valence-electron chi connectivity index (χ1n) is 12.4. The van der Waals surface area contributed by atoms with Gasteiger partial charge in [0.25, 0.3) is 0 Å². The molecule has 0 saturated carbocycles. The lowest BCUT2D eigenvalue weighted by molar-refractivity contribution is -0.352. The van der Waals surface area contributed by atoms with Gasteiger partial charge in [-0.1, -0.05) is 0 Å². The predicted octanol–water partition coefficient (Wildman–Crippen LogP) is -9.18. The number of aliphatic hydroxyl groups is 11. The number of hydrogen-bond donors (Lipinski definition) is 14. The standard InChI is InChI=1S/C21H38N2O17/c22-7-11(29)10(28)5(2-25)37-20(7)39-17-6(3-26)38-21(16(34)15(17)33)40-18(19(35)36)14(32)13(31)8-12(30)9(27)4(1-24)23-8/h4-18,20-21,23-34H,1-3,22H2,(H,35,36)/t4-,5+,6+,7+,8-,9-,10-,11-,12-,13-,14-,15+,16+,17-,18+,20-,21+/m0/s1. The average molecular weight is 591 g/mol. The molecule has 3 aliphatic rings. The Morgan fingerprint density at radius 1 is 0.800 bits per heavy atom. The number of nitrogens with two attached hydrogens (primary N) is 1. The first-order valence-corrected chi connectivity index (χ1v) is 12.4. The summed E-state index contributed by atoms with van der Waals surface area (Å²) in [6.07, 6.45) is -25.5. The lowest BCUT2D eigenvalue weighted by Crippen LogP contribution is -2.67. The number of aliphatic hydroxyl groups excluding tert-OH is 11. The Bertz CT molecular complexity index is 824. The van der Waals surface area contributed by atoms with Crippen LogP contribution in [0, 0.1) is 0 Å². The van der Waals surface area contributed by atoms with Gasteiger partial charge in [-0.15, -0.1) is 0 Å². The first kappa shape index (κ1) is 33.3. The van der Waals surface area contributed by atoms with Crippen LogP contribution >= 0.6 is 0 Å². The molecule has 19 nitrogen and oxygen atoms in total. The van der Waals surface area contributed by atoms with Gasteiger partial charge in [-0.3, -0.25) is 0 Å². The monoisotopic (exact) mass is 590 g/mol. The van der Waals surface area contributed by atoms with Gasteiger partial charge >= 0.3 is 5.97 Å². The van der Waals surface area contributed by atoms with Gasteiger partial charge in [-0.25, -0.2) is 4.79 Å². The average Bonchev–Trinajstić information content (AvgIpc) is 3.22. The van der Waals surface area contributed by atoms with Crippen LogP contribution in [0.4, 0.5) is 0 Å². The van der Waals surface area contributed by atoms with Crippen LogP contribution in [0.15, 0.2) is 0 Å². The minimum absolute atomic E-state index is 0.654. The second kappa shape index (κ2) is 13.8. The van der Waals surface area contributed by atoms with E-state index in [1.54, 1.807) is 0 Å². The number of ether oxygens (including phenoxy) is 4. The molecule has 0 aromatic heterocycles. The molecular formula is C21H38N2O17. The van der Waals surface area contributed by atoms with E-state index in [9.17, 15) is 66.1 Å². The van der Waals surface area contributed by atoms with Crippen LogP contribution in [0.3, 0.4) is 0 Å². The van der Waals surface area contributed by atoms with Gasteiger partial charge in [-0.2, -0.15) is 0 Å². The molecule has 3 rings (SSSR count). The van der Waals surface area contributed by atoms with E-state index in [0.717, 1.165) is 0 Å². The van der Waals surface area contributed by atoms with Crippen molar-refractivity contribution in [2.75, 3.05) is 19.8 Å². The highest BCUT2D eigenvalue weighted by Gasteiger charge is 2.53. The Morgan fingerprint density at radius 2 is 1.40 bits per heavy atom. The molecule has 3 fully saturated rings. The van der Waals surface area contributed by atoms with Crippen molar-refractivity contribution in [2.24, 2.45) is 5.73 Å². The summed E-state index contributed by atoms with van der Waals surface area (Å²) < 4.78 is 21.3. The van der Waals surface area contributed by atoms with Gasteiger partial charge < -0.3 is 91.3 Å². The Hall–Kier alpha value is -1.21. The van der Waals surface area contributed by atoms with E-state index in [4.69, 9.17) is 24.7 Å². The highest BCUT2D eigenvalue weighted by molar-refractivity contribution is 5.73. The van der Waals surface area contributed by atoms with Gasteiger partial charge in [0, 0.05) is 0 Å². The molecule has 15 N–H and O–H groups in total. The maximum atomic E-state index is 11.9. The van der Waals surface area contributed by atoms with Crippen molar-refractivity contribution in [3.63, 3.8) is 0 Å². The number of hydrogen-bond acceptors (Lipinski definition) is 18. The summed E-state index contributed by atoms with van der Waals surface area (Å²) >= 11 is 0.